The zero-order chi connectivity index (χ0) is 23.3. The highest BCUT2D eigenvalue weighted by Crippen LogP contribution is 2.45. The largest absolute Gasteiger partial charge is 0.507 e. The average molecular weight is 435 g/mol. The number of nitrogens with zero attached hydrogens (tertiary/aromatic N) is 1. The summed E-state index contributed by atoms with van der Waals surface area (Å²) in [6, 6.07) is 4.42. The minimum atomic E-state index is -1.23. The summed E-state index contributed by atoms with van der Waals surface area (Å²) in [6.07, 6.45) is -0.318. The standard InChI is InChI=1S/C21H25NO9/c1-11-8-14(23)18(21(27)22(11)10-16(24)25)13(9-17(26)29-3)12-6-7-15(28-2)20(31-5)19(12)30-4/h6-8,13,23H,9-10H2,1-5H3,(H,24,25)/t13-/m1/s1. The molecule has 2 N–H and O–H groups in total. The molecule has 1 atom stereocenters. The van der Waals surface area contributed by atoms with Crippen molar-refractivity contribution >= 4 is 11.9 Å². The summed E-state index contributed by atoms with van der Waals surface area (Å²) in [5.41, 5.74) is -0.304. The highest BCUT2D eigenvalue weighted by atomic mass is 16.5. The number of methoxy groups -OCH3 is 4. The average Bonchev–Trinajstić information content (AvgIpc) is 2.74. The normalized spacial score (nSPS) is 11.5. The van der Waals surface area contributed by atoms with Crippen molar-refractivity contribution in [3.05, 3.63) is 45.4 Å². The lowest BCUT2D eigenvalue weighted by molar-refractivity contribution is -0.141. The summed E-state index contributed by atoms with van der Waals surface area (Å²) >= 11 is 0. The molecule has 0 aliphatic heterocycles. The van der Waals surface area contributed by atoms with Gasteiger partial charge >= 0.3 is 11.9 Å². The van der Waals surface area contributed by atoms with Gasteiger partial charge in [-0.2, -0.15) is 0 Å². The minimum Gasteiger partial charge on any atom is -0.507 e. The smallest absolute Gasteiger partial charge is 0.323 e. The van der Waals surface area contributed by atoms with E-state index < -0.39 is 30.0 Å². The second-order valence-corrected chi connectivity index (χ2v) is 6.63. The summed E-state index contributed by atoms with van der Waals surface area (Å²) in [5, 5.41) is 19.8. The molecule has 0 bridgehead atoms. The Morgan fingerprint density at radius 3 is 2.23 bits per heavy atom. The number of aromatic nitrogens is 1. The van der Waals surface area contributed by atoms with Gasteiger partial charge in [-0.25, -0.2) is 0 Å². The number of carbonyl (C=O) groups is 2. The topological polar surface area (TPSA) is 134 Å². The quantitative estimate of drug-likeness (QED) is 0.564. The van der Waals surface area contributed by atoms with Crippen molar-refractivity contribution in [3.8, 4) is 23.0 Å². The van der Waals surface area contributed by atoms with Gasteiger partial charge in [0.1, 0.15) is 12.3 Å². The molecular weight excluding hydrogens is 410 g/mol. The van der Waals surface area contributed by atoms with E-state index in [1.54, 1.807) is 12.1 Å². The number of pyridine rings is 1. The number of aromatic hydroxyl groups is 1. The summed E-state index contributed by atoms with van der Waals surface area (Å²) in [7, 11) is 5.43. The lowest BCUT2D eigenvalue weighted by Gasteiger charge is -2.23. The molecule has 0 saturated carbocycles. The minimum absolute atomic E-state index is 0.164. The van der Waals surface area contributed by atoms with Crippen LogP contribution in [0.4, 0.5) is 0 Å². The molecule has 0 aliphatic rings. The Labute approximate surface area is 178 Å². The maximum atomic E-state index is 13.2. The van der Waals surface area contributed by atoms with E-state index in [4.69, 9.17) is 18.9 Å². The second-order valence-electron chi connectivity index (χ2n) is 6.63. The molecule has 0 aliphatic carbocycles. The molecule has 168 valence electrons. The molecule has 1 heterocycles. The van der Waals surface area contributed by atoms with Crippen LogP contribution in [0.25, 0.3) is 0 Å². The molecule has 0 unspecified atom stereocenters. The van der Waals surface area contributed by atoms with E-state index in [-0.39, 0.29) is 34.9 Å². The van der Waals surface area contributed by atoms with Crippen LogP contribution in [0.5, 0.6) is 23.0 Å². The van der Waals surface area contributed by atoms with Crippen LogP contribution < -0.4 is 19.8 Å². The number of carboxylic acids is 1. The van der Waals surface area contributed by atoms with Crippen LogP contribution in [0.3, 0.4) is 0 Å². The number of hydrogen-bond acceptors (Lipinski definition) is 8. The zero-order valence-electron chi connectivity index (χ0n) is 17.9. The van der Waals surface area contributed by atoms with Gasteiger partial charge in [0.25, 0.3) is 5.56 Å². The number of ether oxygens (including phenoxy) is 4. The van der Waals surface area contributed by atoms with Crippen LogP contribution in [0.2, 0.25) is 0 Å². The van der Waals surface area contributed by atoms with Crippen LogP contribution in [0.1, 0.15) is 29.2 Å². The number of rotatable bonds is 9. The highest BCUT2D eigenvalue weighted by Gasteiger charge is 2.31. The number of esters is 1. The molecule has 0 spiro atoms. The Morgan fingerprint density at radius 1 is 1.06 bits per heavy atom. The molecule has 0 fully saturated rings. The van der Waals surface area contributed by atoms with E-state index >= 15 is 0 Å². The maximum absolute atomic E-state index is 13.2. The van der Waals surface area contributed by atoms with Gasteiger partial charge in [-0.3, -0.25) is 14.4 Å². The Hall–Kier alpha value is -3.69. The van der Waals surface area contributed by atoms with Crippen molar-refractivity contribution in [3.63, 3.8) is 0 Å². The van der Waals surface area contributed by atoms with Gasteiger partial charge in [0, 0.05) is 17.2 Å². The monoisotopic (exact) mass is 435 g/mol. The molecule has 1 aromatic carbocycles. The van der Waals surface area contributed by atoms with Crippen molar-refractivity contribution in [1.82, 2.24) is 4.57 Å². The van der Waals surface area contributed by atoms with Crippen LogP contribution in [0, 0.1) is 6.92 Å². The van der Waals surface area contributed by atoms with E-state index in [9.17, 15) is 24.6 Å². The molecule has 2 aromatic rings. The predicted molar refractivity (Wildman–Crippen MR) is 109 cm³/mol. The molecule has 0 saturated heterocycles. The predicted octanol–water partition coefficient (Wildman–Crippen LogP) is 1.67. The second kappa shape index (κ2) is 9.88. The molecule has 1 aromatic heterocycles. The van der Waals surface area contributed by atoms with Gasteiger partial charge in [-0.1, -0.05) is 6.07 Å². The fourth-order valence-corrected chi connectivity index (χ4v) is 3.44. The first-order valence-corrected chi connectivity index (χ1v) is 9.20. The molecule has 0 radical (unpaired) electrons. The zero-order valence-corrected chi connectivity index (χ0v) is 17.9. The Bertz CT molecular complexity index is 1040. The van der Waals surface area contributed by atoms with Crippen LogP contribution in [-0.4, -0.2) is 55.2 Å². The molecule has 10 heteroatoms. The van der Waals surface area contributed by atoms with Crippen LogP contribution in [0.15, 0.2) is 23.0 Å². The number of aryl methyl sites for hydroxylation is 1. The van der Waals surface area contributed by atoms with Crippen molar-refractivity contribution < 1.29 is 38.7 Å². The van der Waals surface area contributed by atoms with Gasteiger partial charge in [0.15, 0.2) is 11.5 Å². The Kier molecular flexibility index (Phi) is 7.51. The van der Waals surface area contributed by atoms with Crippen molar-refractivity contribution in [2.45, 2.75) is 25.8 Å². The maximum Gasteiger partial charge on any atom is 0.323 e. The summed E-state index contributed by atoms with van der Waals surface area (Å²) in [5.74, 6) is -2.49. The third kappa shape index (κ3) is 4.73. The van der Waals surface area contributed by atoms with Crippen molar-refractivity contribution in [1.29, 1.82) is 0 Å². The first-order chi connectivity index (χ1) is 14.7. The Balaban J connectivity index is 2.86. The third-order valence-electron chi connectivity index (χ3n) is 4.87. The van der Waals surface area contributed by atoms with Gasteiger partial charge < -0.3 is 33.7 Å². The van der Waals surface area contributed by atoms with E-state index in [0.717, 1.165) is 4.57 Å². The first kappa shape index (κ1) is 23.6. The fourth-order valence-electron chi connectivity index (χ4n) is 3.44. The Morgan fingerprint density at radius 2 is 1.71 bits per heavy atom. The van der Waals surface area contributed by atoms with Crippen LogP contribution >= 0.6 is 0 Å². The molecule has 31 heavy (non-hydrogen) atoms. The first-order valence-electron chi connectivity index (χ1n) is 9.20. The lowest BCUT2D eigenvalue weighted by atomic mass is 9.87. The van der Waals surface area contributed by atoms with E-state index in [0.29, 0.717) is 11.3 Å². The van der Waals surface area contributed by atoms with Crippen LogP contribution in [-0.2, 0) is 20.9 Å². The van der Waals surface area contributed by atoms with Gasteiger partial charge in [0.05, 0.1) is 40.4 Å². The number of carbonyl (C=O) groups excluding carboxylic acids is 1. The van der Waals surface area contributed by atoms with E-state index in [1.165, 1.54) is 41.4 Å². The highest BCUT2D eigenvalue weighted by molar-refractivity contribution is 5.73. The van der Waals surface area contributed by atoms with Crippen molar-refractivity contribution in [2.75, 3.05) is 28.4 Å². The summed E-state index contributed by atoms with van der Waals surface area (Å²) in [4.78, 5) is 36.6. The van der Waals surface area contributed by atoms with Crippen molar-refractivity contribution in [2.24, 2.45) is 0 Å². The molecule has 10 nitrogen and oxygen atoms in total. The van der Waals surface area contributed by atoms with E-state index in [2.05, 4.69) is 0 Å². The third-order valence-corrected chi connectivity index (χ3v) is 4.87. The van der Waals surface area contributed by atoms with Gasteiger partial charge in [0.2, 0.25) is 5.75 Å². The lowest BCUT2D eigenvalue weighted by Crippen LogP contribution is -2.31. The number of benzene rings is 1. The number of aliphatic carboxylic acids is 1. The van der Waals surface area contributed by atoms with E-state index in [1.807, 2.05) is 0 Å². The number of carboxylic acid groups (broad SMARTS) is 1. The molecule has 0 amide bonds. The summed E-state index contributed by atoms with van der Waals surface area (Å²) in [6.45, 7) is 0.895. The fraction of sp³-hybridized carbons (Fsp3) is 0.381. The number of hydrogen-bond donors (Lipinski definition) is 2. The molecular formula is C21H25NO9. The van der Waals surface area contributed by atoms with Gasteiger partial charge in [-0.05, 0) is 19.1 Å². The molecule has 2 rings (SSSR count). The summed E-state index contributed by atoms with van der Waals surface area (Å²) < 4.78 is 21.9. The SMILES string of the molecule is COC(=O)C[C@H](c1ccc(OC)c(OC)c1OC)c1c(O)cc(C)n(CC(=O)O)c1=O. The van der Waals surface area contributed by atoms with Gasteiger partial charge in [-0.15, -0.1) is 0 Å².